The van der Waals surface area contributed by atoms with Crippen molar-refractivity contribution in [2.45, 2.75) is 12.7 Å². The van der Waals surface area contributed by atoms with Crippen molar-refractivity contribution in [2.75, 3.05) is 11.9 Å². The third-order valence-corrected chi connectivity index (χ3v) is 4.95. The molecule has 0 bridgehead atoms. The van der Waals surface area contributed by atoms with Gasteiger partial charge in [-0.3, -0.25) is 4.79 Å². The highest BCUT2D eigenvalue weighted by Crippen LogP contribution is 2.29. The van der Waals surface area contributed by atoms with Gasteiger partial charge in [-0.2, -0.15) is 17.7 Å². The minimum Gasteiger partial charge on any atom is -0.310 e. The predicted molar refractivity (Wildman–Crippen MR) is 109 cm³/mol. The van der Waals surface area contributed by atoms with Crippen LogP contribution >= 0.6 is 0 Å². The molecule has 1 aromatic heterocycles. The standard InChI is InChI=1S/C23H16F3N4O/c1-3-15-4-10-18(11-5-15)29(2)22(31)20-14-30-19(12-27-20)13-28-21(30)16-6-8-17(9-7-16)23(24,25)26/h1,4-12,14H,13H2,2H3/q+1. The van der Waals surface area contributed by atoms with Crippen molar-refractivity contribution in [3.05, 3.63) is 89.0 Å². The number of aliphatic imine (C=N–C) groups is 1. The SMILES string of the molecule is C#Cc1ccc(N(C)C(=O)c2c[n+]3c(cn2)CN=C3c2ccc(C(F)(F)F)cc2)cc1. The Labute approximate surface area is 176 Å². The van der Waals surface area contributed by atoms with Gasteiger partial charge in [-0.15, -0.1) is 6.42 Å². The number of halogens is 3. The van der Waals surface area contributed by atoms with Crippen molar-refractivity contribution >= 4 is 17.4 Å². The maximum absolute atomic E-state index is 12.9. The molecule has 154 valence electrons. The van der Waals surface area contributed by atoms with Crippen molar-refractivity contribution in [1.29, 1.82) is 0 Å². The van der Waals surface area contributed by atoms with E-state index < -0.39 is 11.7 Å². The number of hydrogen-bond donors (Lipinski definition) is 0. The van der Waals surface area contributed by atoms with Gasteiger partial charge in [-0.05, 0) is 48.5 Å². The molecule has 1 amide bonds. The molecule has 4 rings (SSSR count). The molecule has 31 heavy (non-hydrogen) atoms. The summed E-state index contributed by atoms with van der Waals surface area (Å²) in [5.74, 6) is 2.63. The van der Waals surface area contributed by atoms with E-state index in [2.05, 4.69) is 15.9 Å². The molecule has 0 radical (unpaired) electrons. The highest BCUT2D eigenvalue weighted by molar-refractivity contribution is 6.04. The van der Waals surface area contributed by atoms with E-state index in [0.29, 0.717) is 29.2 Å². The first-order valence-electron chi connectivity index (χ1n) is 9.25. The van der Waals surface area contributed by atoms with Crippen molar-refractivity contribution in [1.82, 2.24) is 4.98 Å². The molecule has 0 unspecified atom stereocenters. The number of nitrogens with zero attached hydrogens (tertiary/aromatic N) is 4. The van der Waals surface area contributed by atoms with Crippen LogP contribution in [0.25, 0.3) is 0 Å². The minimum atomic E-state index is -4.41. The maximum Gasteiger partial charge on any atom is 0.416 e. The molecule has 0 fully saturated rings. The number of benzene rings is 2. The molecule has 0 N–H and O–H groups in total. The summed E-state index contributed by atoms with van der Waals surface area (Å²) in [5.41, 5.74) is 2.03. The van der Waals surface area contributed by atoms with Crippen molar-refractivity contribution in [3.63, 3.8) is 0 Å². The number of anilines is 1. The average molecular weight is 421 g/mol. The molecule has 0 atom stereocenters. The van der Waals surface area contributed by atoms with Gasteiger partial charge >= 0.3 is 12.0 Å². The Bertz CT molecular complexity index is 1220. The van der Waals surface area contributed by atoms with Crippen molar-refractivity contribution in [2.24, 2.45) is 4.99 Å². The molecule has 5 nitrogen and oxygen atoms in total. The Balaban J connectivity index is 1.62. The number of carbonyl (C=O) groups is 1. The number of fused-ring (bicyclic) bond motifs is 1. The first-order chi connectivity index (χ1) is 14.8. The second kappa shape index (κ2) is 7.69. The van der Waals surface area contributed by atoms with Crippen LogP contribution in [0.1, 0.15) is 32.9 Å². The highest BCUT2D eigenvalue weighted by atomic mass is 19.4. The van der Waals surface area contributed by atoms with E-state index in [4.69, 9.17) is 6.42 Å². The molecule has 2 aromatic carbocycles. The molecule has 1 aliphatic rings. The molecule has 8 heteroatoms. The summed E-state index contributed by atoms with van der Waals surface area (Å²) in [5, 5.41) is 0. The van der Waals surface area contributed by atoms with E-state index in [1.807, 2.05) is 0 Å². The summed E-state index contributed by atoms with van der Waals surface area (Å²) in [6.07, 6.45) is 4.04. The Morgan fingerprint density at radius 2 is 1.81 bits per heavy atom. The first kappa shape index (κ1) is 20.3. The van der Waals surface area contributed by atoms with Gasteiger partial charge in [0.2, 0.25) is 0 Å². The summed E-state index contributed by atoms with van der Waals surface area (Å²) >= 11 is 0. The van der Waals surface area contributed by atoms with Gasteiger partial charge in [0, 0.05) is 18.3 Å². The van der Waals surface area contributed by atoms with Crippen LogP contribution in [0.5, 0.6) is 0 Å². The Hall–Kier alpha value is -3.99. The van der Waals surface area contributed by atoms with E-state index in [0.717, 1.165) is 17.8 Å². The monoisotopic (exact) mass is 421 g/mol. The van der Waals surface area contributed by atoms with E-state index in [1.54, 1.807) is 48.3 Å². The van der Waals surface area contributed by atoms with Gasteiger partial charge in [-0.1, -0.05) is 10.9 Å². The molecule has 1 aliphatic heterocycles. The van der Waals surface area contributed by atoms with E-state index in [-0.39, 0.29) is 11.6 Å². The molecular weight excluding hydrogens is 405 g/mol. The molecule has 3 aromatic rings. The number of terminal acetylenes is 1. The van der Waals surface area contributed by atoms with Crippen LogP contribution in [-0.2, 0) is 12.7 Å². The molecule has 0 aliphatic carbocycles. The molecular formula is C23H16F3N4O+. The zero-order chi connectivity index (χ0) is 22.2. The lowest BCUT2D eigenvalue weighted by Gasteiger charge is -2.16. The predicted octanol–water partition coefficient (Wildman–Crippen LogP) is 3.45. The first-order valence-corrected chi connectivity index (χ1v) is 9.25. The Kier molecular flexibility index (Phi) is 5.03. The van der Waals surface area contributed by atoms with E-state index >= 15 is 0 Å². The van der Waals surface area contributed by atoms with Crippen molar-refractivity contribution in [3.8, 4) is 12.3 Å². The lowest BCUT2D eigenvalue weighted by atomic mass is 10.1. The average Bonchev–Trinajstić information content (AvgIpc) is 3.21. The Morgan fingerprint density at radius 1 is 1.13 bits per heavy atom. The van der Waals surface area contributed by atoms with E-state index in [9.17, 15) is 18.0 Å². The maximum atomic E-state index is 12.9. The lowest BCUT2D eigenvalue weighted by molar-refractivity contribution is -0.557. The van der Waals surface area contributed by atoms with Gasteiger partial charge in [0.05, 0.1) is 17.3 Å². The van der Waals surface area contributed by atoms with Gasteiger partial charge in [0.15, 0.2) is 17.9 Å². The van der Waals surface area contributed by atoms with Gasteiger partial charge in [0.25, 0.3) is 5.91 Å². The van der Waals surface area contributed by atoms with E-state index in [1.165, 1.54) is 17.0 Å². The quantitative estimate of drug-likeness (QED) is 0.481. The second-order valence-corrected chi connectivity index (χ2v) is 6.90. The van der Waals surface area contributed by atoms with Crippen LogP contribution in [0, 0.1) is 12.3 Å². The highest BCUT2D eigenvalue weighted by Gasteiger charge is 2.32. The summed E-state index contributed by atoms with van der Waals surface area (Å²) in [4.78, 5) is 23.0. The number of carbonyl (C=O) groups excluding carboxylic acids is 1. The zero-order valence-corrected chi connectivity index (χ0v) is 16.4. The van der Waals surface area contributed by atoms with Crippen molar-refractivity contribution < 1.29 is 22.5 Å². The van der Waals surface area contributed by atoms with Crippen LogP contribution in [0.4, 0.5) is 18.9 Å². The molecule has 0 saturated carbocycles. The van der Waals surface area contributed by atoms with Crippen LogP contribution in [0.15, 0.2) is 65.9 Å². The van der Waals surface area contributed by atoms with Crippen LogP contribution in [0.3, 0.4) is 0 Å². The third kappa shape index (κ3) is 3.90. The topological polar surface area (TPSA) is 49.4 Å². The second-order valence-electron chi connectivity index (χ2n) is 6.90. The summed E-state index contributed by atoms with van der Waals surface area (Å²) in [6.45, 7) is 0.321. The zero-order valence-electron chi connectivity index (χ0n) is 16.4. The Morgan fingerprint density at radius 3 is 2.42 bits per heavy atom. The molecule has 0 spiro atoms. The number of rotatable bonds is 3. The van der Waals surface area contributed by atoms with Crippen LogP contribution < -0.4 is 9.47 Å². The summed E-state index contributed by atoms with van der Waals surface area (Å²) in [6, 6.07) is 11.7. The minimum absolute atomic E-state index is 0.175. The summed E-state index contributed by atoms with van der Waals surface area (Å²) in [7, 11) is 1.62. The largest absolute Gasteiger partial charge is 0.416 e. The normalized spacial score (nSPS) is 12.7. The third-order valence-electron chi connectivity index (χ3n) is 4.95. The number of aromatic nitrogens is 2. The van der Waals surface area contributed by atoms with Crippen LogP contribution in [0.2, 0.25) is 0 Å². The fourth-order valence-corrected chi connectivity index (χ4v) is 3.21. The van der Waals surface area contributed by atoms with Crippen LogP contribution in [-0.4, -0.2) is 23.8 Å². The number of alkyl halides is 3. The number of hydrogen-bond acceptors (Lipinski definition) is 3. The van der Waals surface area contributed by atoms with Gasteiger partial charge in [-0.25, -0.2) is 4.98 Å². The smallest absolute Gasteiger partial charge is 0.310 e. The fraction of sp³-hybridized carbons (Fsp3) is 0.130. The number of amides is 1. The fourth-order valence-electron chi connectivity index (χ4n) is 3.21. The van der Waals surface area contributed by atoms with Gasteiger partial charge < -0.3 is 4.90 Å². The summed E-state index contributed by atoms with van der Waals surface area (Å²) < 4.78 is 40.2. The lowest BCUT2D eigenvalue weighted by Crippen LogP contribution is -2.45. The molecule has 2 heterocycles. The van der Waals surface area contributed by atoms with Gasteiger partial charge in [0.1, 0.15) is 6.20 Å². The molecule has 0 saturated heterocycles.